The van der Waals surface area contributed by atoms with Crippen molar-refractivity contribution in [1.29, 1.82) is 0 Å². The summed E-state index contributed by atoms with van der Waals surface area (Å²) in [6.45, 7) is 9.09. The van der Waals surface area contributed by atoms with Gasteiger partial charge in [0.15, 0.2) is 0 Å². The second-order valence-electron chi connectivity index (χ2n) is 5.83. The van der Waals surface area contributed by atoms with Gasteiger partial charge in [0.25, 0.3) is 0 Å². The molecule has 1 aliphatic rings. The van der Waals surface area contributed by atoms with E-state index >= 15 is 0 Å². The lowest BCUT2D eigenvalue weighted by Gasteiger charge is -2.38. The quantitative estimate of drug-likeness (QED) is 0.886. The van der Waals surface area contributed by atoms with Crippen LogP contribution in [0, 0.1) is 0 Å². The smallest absolute Gasteiger partial charge is 0.124 e. The largest absolute Gasteiger partial charge is 0.494 e. The van der Waals surface area contributed by atoms with Gasteiger partial charge >= 0.3 is 0 Å². The first-order valence-corrected chi connectivity index (χ1v) is 7.28. The lowest BCUT2D eigenvalue weighted by atomic mass is 9.97. The highest BCUT2D eigenvalue weighted by Gasteiger charge is 2.37. The van der Waals surface area contributed by atoms with Crippen molar-refractivity contribution >= 4 is 0 Å². The van der Waals surface area contributed by atoms with E-state index < -0.39 is 0 Å². The molecule has 1 saturated heterocycles. The monoisotopic (exact) mass is 262 g/mol. The van der Waals surface area contributed by atoms with Gasteiger partial charge in [0.05, 0.1) is 12.6 Å². The van der Waals surface area contributed by atoms with E-state index in [9.17, 15) is 0 Å². The molecule has 1 atom stereocenters. The number of hydrogen-bond acceptors (Lipinski definition) is 3. The molecule has 2 rings (SSSR count). The first kappa shape index (κ1) is 14.4. The fourth-order valence-electron chi connectivity index (χ4n) is 3.17. The minimum Gasteiger partial charge on any atom is -0.494 e. The maximum absolute atomic E-state index is 6.07. The van der Waals surface area contributed by atoms with Gasteiger partial charge < -0.3 is 10.5 Å². The van der Waals surface area contributed by atoms with Gasteiger partial charge in [0, 0.05) is 17.6 Å². The number of nitrogens with zero attached hydrogens (tertiary/aromatic N) is 1. The Labute approximate surface area is 116 Å². The zero-order valence-electron chi connectivity index (χ0n) is 12.4. The molecule has 1 aromatic carbocycles. The number of ether oxygens (including phenoxy) is 1. The molecular weight excluding hydrogens is 236 g/mol. The van der Waals surface area contributed by atoms with E-state index in [1.807, 2.05) is 19.1 Å². The van der Waals surface area contributed by atoms with Gasteiger partial charge in [0.1, 0.15) is 5.75 Å². The minimum atomic E-state index is 0.226. The summed E-state index contributed by atoms with van der Waals surface area (Å²) in [7, 11) is 0. The summed E-state index contributed by atoms with van der Waals surface area (Å²) < 4.78 is 5.77. The number of likely N-dealkylation sites (tertiary alicyclic amines) is 1. The van der Waals surface area contributed by atoms with Crippen LogP contribution in [0.5, 0.6) is 5.75 Å². The van der Waals surface area contributed by atoms with E-state index in [1.54, 1.807) is 0 Å². The maximum atomic E-state index is 6.07. The molecule has 1 aromatic rings. The van der Waals surface area contributed by atoms with Crippen LogP contribution in [0.2, 0.25) is 0 Å². The Morgan fingerprint density at radius 1 is 1.37 bits per heavy atom. The van der Waals surface area contributed by atoms with E-state index in [1.165, 1.54) is 18.4 Å². The molecular formula is C16H26N2O. The highest BCUT2D eigenvalue weighted by atomic mass is 16.5. The zero-order valence-corrected chi connectivity index (χ0v) is 12.4. The third kappa shape index (κ3) is 2.93. The number of hydrogen-bond donors (Lipinski definition) is 1. The number of nitrogens with two attached hydrogens (primary N) is 1. The lowest BCUT2D eigenvalue weighted by molar-refractivity contribution is 0.117. The van der Waals surface area contributed by atoms with Gasteiger partial charge in [-0.25, -0.2) is 0 Å². The van der Waals surface area contributed by atoms with E-state index in [0.717, 1.165) is 12.3 Å². The Morgan fingerprint density at radius 3 is 2.68 bits per heavy atom. The molecule has 0 aliphatic carbocycles. The van der Waals surface area contributed by atoms with Gasteiger partial charge in [-0.15, -0.1) is 0 Å². The highest BCUT2D eigenvalue weighted by Crippen LogP contribution is 2.38. The third-order valence-corrected chi connectivity index (χ3v) is 4.14. The molecule has 0 spiro atoms. The van der Waals surface area contributed by atoms with Crippen LogP contribution in [-0.2, 0) is 0 Å². The van der Waals surface area contributed by atoms with Gasteiger partial charge in [-0.05, 0) is 46.2 Å². The average molecular weight is 262 g/mol. The molecule has 1 fully saturated rings. The van der Waals surface area contributed by atoms with E-state index in [2.05, 4.69) is 30.9 Å². The van der Waals surface area contributed by atoms with Crippen molar-refractivity contribution in [2.24, 2.45) is 5.73 Å². The topological polar surface area (TPSA) is 38.5 Å². The summed E-state index contributed by atoms with van der Waals surface area (Å²) in [6, 6.07) is 8.54. The molecule has 19 heavy (non-hydrogen) atoms. The van der Waals surface area contributed by atoms with Crippen LogP contribution in [0.4, 0.5) is 0 Å². The Balaban J connectivity index is 2.31. The molecule has 0 aromatic heterocycles. The summed E-state index contributed by atoms with van der Waals surface area (Å²) in [4.78, 5) is 2.53. The molecule has 1 unspecified atom stereocenters. The molecule has 0 amide bonds. The lowest BCUT2D eigenvalue weighted by Crippen LogP contribution is -2.43. The number of para-hydroxylation sites is 1. The van der Waals surface area contributed by atoms with Crippen LogP contribution in [0.25, 0.3) is 0 Å². The zero-order chi connectivity index (χ0) is 13.9. The Bertz CT molecular complexity index is 417. The highest BCUT2D eigenvalue weighted by molar-refractivity contribution is 5.36. The van der Waals surface area contributed by atoms with Crippen molar-refractivity contribution in [3.05, 3.63) is 29.8 Å². The normalized spacial score (nSPS) is 20.4. The van der Waals surface area contributed by atoms with E-state index in [4.69, 9.17) is 10.5 Å². The molecule has 0 bridgehead atoms. The predicted octanol–water partition coefficient (Wildman–Crippen LogP) is 2.96. The first-order chi connectivity index (χ1) is 9.10. The van der Waals surface area contributed by atoms with Crippen molar-refractivity contribution in [1.82, 2.24) is 4.90 Å². The molecule has 1 heterocycles. The van der Waals surface area contributed by atoms with Crippen molar-refractivity contribution in [3.63, 3.8) is 0 Å². The summed E-state index contributed by atoms with van der Waals surface area (Å²) >= 11 is 0. The molecule has 106 valence electrons. The molecule has 3 heteroatoms. The predicted molar refractivity (Wildman–Crippen MR) is 79.4 cm³/mol. The molecule has 1 aliphatic heterocycles. The first-order valence-electron chi connectivity index (χ1n) is 7.28. The fourth-order valence-corrected chi connectivity index (χ4v) is 3.17. The molecule has 2 N–H and O–H groups in total. The second kappa shape index (κ2) is 5.93. The van der Waals surface area contributed by atoms with Crippen molar-refractivity contribution in [2.45, 2.75) is 45.2 Å². The molecule has 0 radical (unpaired) electrons. The van der Waals surface area contributed by atoms with E-state index in [-0.39, 0.29) is 11.6 Å². The Kier molecular flexibility index (Phi) is 4.48. The van der Waals surface area contributed by atoms with Gasteiger partial charge in [-0.3, -0.25) is 4.90 Å². The van der Waals surface area contributed by atoms with Gasteiger partial charge in [-0.2, -0.15) is 0 Å². The van der Waals surface area contributed by atoms with Gasteiger partial charge in [0.2, 0.25) is 0 Å². The van der Waals surface area contributed by atoms with Gasteiger partial charge in [-0.1, -0.05) is 18.2 Å². The molecule has 3 nitrogen and oxygen atoms in total. The van der Waals surface area contributed by atoms with Crippen LogP contribution in [-0.4, -0.2) is 30.1 Å². The minimum absolute atomic E-state index is 0.226. The standard InChI is InChI=1S/C16H26N2O/c1-4-19-15-9-6-5-8-13(15)14(12-17)18-11-7-10-16(18,2)3/h5-6,8-9,14H,4,7,10-12,17H2,1-3H3. The number of benzene rings is 1. The maximum Gasteiger partial charge on any atom is 0.124 e. The summed E-state index contributed by atoms with van der Waals surface area (Å²) in [6.07, 6.45) is 2.49. The summed E-state index contributed by atoms with van der Waals surface area (Å²) in [5.74, 6) is 0.975. The van der Waals surface area contributed by atoms with Crippen LogP contribution < -0.4 is 10.5 Å². The van der Waals surface area contributed by atoms with Crippen LogP contribution >= 0.6 is 0 Å². The third-order valence-electron chi connectivity index (χ3n) is 4.14. The Hall–Kier alpha value is -1.06. The molecule has 0 saturated carbocycles. The SMILES string of the molecule is CCOc1ccccc1C(CN)N1CCCC1(C)C. The summed E-state index contributed by atoms with van der Waals surface area (Å²) in [5.41, 5.74) is 7.52. The van der Waals surface area contributed by atoms with Crippen molar-refractivity contribution in [2.75, 3.05) is 19.7 Å². The Morgan fingerprint density at radius 2 is 2.11 bits per heavy atom. The number of rotatable bonds is 5. The van der Waals surface area contributed by atoms with E-state index in [0.29, 0.717) is 13.2 Å². The summed E-state index contributed by atoms with van der Waals surface area (Å²) in [5, 5.41) is 0. The fraction of sp³-hybridized carbons (Fsp3) is 0.625. The second-order valence-corrected chi connectivity index (χ2v) is 5.83. The van der Waals surface area contributed by atoms with Crippen molar-refractivity contribution < 1.29 is 4.74 Å². The van der Waals surface area contributed by atoms with Crippen LogP contribution in [0.15, 0.2) is 24.3 Å². The van der Waals surface area contributed by atoms with Crippen molar-refractivity contribution in [3.8, 4) is 5.75 Å². The van der Waals surface area contributed by atoms with Crippen LogP contribution in [0.3, 0.4) is 0 Å². The van der Waals surface area contributed by atoms with Crippen LogP contribution in [0.1, 0.15) is 45.2 Å². The average Bonchev–Trinajstić information content (AvgIpc) is 2.73.